The van der Waals surface area contributed by atoms with Crippen LogP contribution in [0.4, 0.5) is 0 Å². The molecule has 0 heterocycles. The Kier molecular flexibility index (Phi) is 6.45. The quantitative estimate of drug-likeness (QED) is 0.791. The average molecular weight is 311 g/mol. The lowest BCUT2D eigenvalue weighted by molar-refractivity contribution is -0.158. The van der Waals surface area contributed by atoms with Crippen molar-refractivity contribution in [2.24, 2.45) is 5.92 Å². The van der Waals surface area contributed by atoms with Crippen LogP contribution in [-0.4, -0.2) is 30.7 Å². The first kappa shape index (κ1) is 18.5. The lowest BCUT2D eigenvalue weighted by atomic mass is 9.94. The van der Waals surface area contributed by atoms with E-state index in [1.54, 1.807) is 0 Å². The number of esters is 2. The predicted octanol–water partition coefficient (Wildman–Crippen LogP) is 2.94. The molecule has 0 saturated carbocycles. The van der Waals surface area contributed by atoms with Crippen LogP contribution in [0.2, 0.25) is 0 Å². The highest BCUT2D eigenvalue weighted by Crippen LogP contribution is 2.25. The van der Waals surface area contributed by atoms with E-state index >= 15 is 0 Å². The van der Waals surface area contributed by atoms with Crippen LogP contribution in [0.3, 0.4) is 0 Å². The third-order valence-corrected chi connectivity index (χ3v) is 3.56. The number of ether oxygens (including phenoxy) is 2. The van der Waals surface area contributed by atoms with Crippen LogP contribution in [0.25, 0.3) is 0 Å². The first-order valence-electron chi connectivity index (χ1n) is 7.95. The van der Waals surface area contributed by atoms with Gasteiger partial charge < -0.3 is 14.8 Å². The van der Waals surface area contributed by atoms with Gasteiger partial charge in [0.1, 0.15) is 11.6 Å². The van der Waals surface area contributed by atoms with Gasteiger partial charge in [-0.2, -0.15) is 0 Å². The summed E-state index contributed by atoms with van der Waals surface area (Å²) in [5.74, 6) is -0.540. The number of rotatable bonds is 5. The molecule has 0 aliphatic heterocycles. The number of hydrogen-bond acceptors (Lipinski definition) is 5. The second-order valence-electron chi connectivity index (χ2n) is 7.06. The molecule has 1 aliphatic rings. The van der Waals surface area contributed by atoms with Crippen molar-refractivity contribution in [1.82, 2.24) is 5.32 Å². The van der Waals surface area contributed by atoms with Crippen molar-refractivity contribution in [3.05, 3.63) is 11.3 Å². The predicted molar refractivity (Wildman–Crippen MR) is 85.1 cm³/mol. The number of nitrogens with one attached hydrogen (secondary N) is 1. The van der Waals surface area contributed by atoms with E-state index in [1.807, 2.05) is 34.6 Å². The number of carbonyl (C=O) groups excluding carboxylic acids is 2. The van der Waals surface area contributed by atoms with Gasteiger partial charge in [-0.25, -0.2) is 9.59 Å². The SMILES string of the molecule is COC(=O)C1=C(N[C@H](C(=O)OC(C)(C)C)C(C)C)CCCC1. The maximum atomic E-state index is 12.4. The highest BCUT2D eigenvalue weighted by atomic mass is 16.6. The minimum absolute atomic E-state index is 0.0585. The summed E-state index contributed by atoms with van der Waals surface area (Å²) >= 11 is 0. The van der Waals surface area contributed by atoms with Gasteiger partial charge in [-0.15, -0.1) is 0 Å². The average Bonchev–Trinajstić information content (AvgIpc) is 2.41. The van der Waals surface area contributed by atoms with Crippen molar-refractivity contribution >= 4 is 11.9 Å². The van der Waals surface area contributed by atoms with Crippen LogP contribution in [0.1, 0.15) is 60.3 Å². The summed E-state index contributed by atoms with van der Waals surface area (Å²) in [5, 5.41) is 3.25. The van der Waals surface area contributed by atoms with Gasteiger partial charge in [0.25, 0.3) is 0 Å². The standard InChI is InChI=1S/C17H29NO4/c1-11(2)14(16(20)22-17(3,4)5)18-13-10-8-7-9-12(13)15(19)21-6/h11,14,18H,7-10H2,1-6H3/t14-/m0/s1. The Morgan fingerprint density at radius 2 is 1.73 bits per heavy atom. The summed E-state index contributed by atoms with van der Waals surface area (Å²) in [4.78, 5) is 24.3. The van der Waals surface area contributed by atoms with E-state index in [0.29, 0.717) is 12.0 Å². The molecule has 0 aromatic carbocycles. The minimum atomic E-state index is -0.530. The Bertz CT molecular complexity index is 446. The molecule has 1 rings (SSSR count). The lowest BCUT2D eigenvalue weighted by Gasteiger charge is -2.30. The molecular formula is C17H29NO4. The highest BCUT2D eigenvalue weighted by molar-refractivity contribution is 5.89. The molecule has 5 nitrogen and oxygen atoms in total. The molecule has 0 bridgehead atoms. The van der Waals surface area contributed by atoms with Crippen molar-refractivity contribution in [2.45, 2.75) is 71.9 Å². The van der Waals surface area contributed by atoms with Crippen molar-refractivity contribution in [1.29, 1.82) is 0 Å². The first-order valence-corrected chi connectivity index (χ1v) is 7.95. The molecule has 1 N–H and O–H groups in total. The molecule has 0 aromatic heterocycles. The van der Waals surface area contributed by atoms with Crippen LogP contribution >= 0.6 is 0 Å². The maximum absolute atomic E-state index is 12.4. The van der Waals surface area contributed by atoms with Gasteiger partial charge >= 0.3 is 11.9 Å². The maximum Gasteiger partial charge on any atom is 0.335 e. The second kappa shape index (κ2) is 7.65. The Hall–Kier alpha value is -1.52. The van der Waals surface area contributed by atoms with Gasteiger partial charge in [0, 0.05) is 5.70 Å². The van der Waals surface area contributed by atoms with E-state index in [1.165, 1.54) is 7.11 Å². The zero-order valence-electron chi connectivity index (χ0n) is 14.6. The summed E-state index contributed by atoms with van der Waals surface area (Å²) in [5.41, 5.74) is 0.948. The third-order valence-electron chi connectivity index (χ3n) is 3.56. The number of carbonyl (C=O) groups is 2. The van der Waals surface area contributed by atoms with E-state index in [-0.39, 0.29) is 17.9 Å². The Morgan fingerprint density at radius 1 is 1.14 bits per heavy atom. The Morgan fingerprint density at radius 3 is 2.23 bits per heavy atom. The van der Waals surface area contributed by atoms with Crippen molar-refractivity contribution < 1.29 is 19.1 Å². The third kappa shape index (κ3) is 5.35. The molecule has 0 spiro atoms. The fourth-order valence-corrected chi connectivity index (χ4v) is 2.46. The van der Waals surface area contributed by atoms with Crippen LogP contribution in [0.5, 0.6) is 0 Å². The molecule has 0 saturated heterocycles. The van der Waals surface area contributed by atoms with E-state index in [9.17, 15) is 9.59 Å². The second-order valence-corrected chi connectivity index (χ2v) is 7.06. The molecule has 0 fully saturated rings. The van der Waals surface area contributed by atoms with Crippen molar-refractivity contribution in [3.63, 3.8) is 0 Å². The molecule has 1 aliphatic carbocycles. The summed E-state index contributed by atoms with van der Waals surface area (Å²) in [7, 11) is 1.38. The highest BCUT2D eigenvalue weighted by Gasteiger charge is 2.30. The van der Waals surface area contributed by atoms with Gasteiger partial charge in [-0.3, -0.25) is 0 Å². The van der Waals surface area contributed by atoms with E-state index in [0.717, 1.165) is 25.0 Å². The smallest absolute Gasteiger partial charge is 0.335 e. The molecule has 1 atom stereocenters. The summed E-state index contributed by atoms with van der Waals surface area (Å²) in [6.07, 6.45) is 3.42. The molecule has 0 unspecified atom stereocenters. The molecule has 0 radical (unpaired) electrons. The molecule has 5 heteroatoms. The molecule has 126 valence electrons. The number of methoxy groups -OCH3 is 1. The van der Waals surface area contributed by atoms with E-state index in [4.69, 9.17) is 9.47 Å². The van der Waals surface area contributed by atoms with E-state index in [2.05, 4.69) is 5.32 Å². The van der Waals surface area contributed by atoms with Crippen LogP contribution in [0.15, 0.2) is 11.3 Å². The lowest BCUT2D eigenvalue weighted by Crippen LogP contribution is -2.45. The normalized spacial score (nSPS) is 17.2. The minimum Gasteiger partial charge on any atom is -0.466 e. The molecule has 22 heavy (non-hydrogen) atoms. The summed E-state index contributed by atoms with van der Waals surface area (Å²) in [6.45, 7) is 9.47. The summed E-state index contributed by atoms with van der Waals surface area (Å²) < 4.78 is 10.3. The van der Waals surface area contributed by atoms with Crippen LogP contribution in [-0.2, 0) is 19.1 Å². The van der Waals surface area contributed by atoms with Gasteiger partial charge in [0.2, 0.25) is 0 Å². The van der Waals surface area contributed by atoms with Crippen molar-refractivity contribution in [2.75, 3.05) is 7.11 Å². The largest absolute Gasteiger partial charge is 0.466 e. The summed E-state index contributed by atoms with van der Waals surface area (Å²) in [6, 6.07) is -0.466. The van der Waals surface area contributed by atoms with Gasteiger partial charge in [-0.1, -0.05) is 13.8 Å². The zero-order chi connectivity index (χ0) is 16.9. The Labute approximate surface area is 133 Å². The number of hydrogen-bond donors (Lipinski definition) is 1. The monoisotopic (exact) mass is 311 g/mol. The first-order chi connectivity index (χ1) is 10.2. The van der Waals surface area contributed by atoms with Crippen LogP contribution < -0.4 is 5.32 Å². The molecule has 0 amide bonds. The van der Waals surface area contributed by atoms with Crippen LogP contribution in [0, 0.1) is 5.92 Å². The fourth-order valence-electron chi connectivity index (χ4n) is 2.46. The van der Waals surface area contributed by atoms with E-state index < -0.39 is 11.6 Å². The topological polar surface area (TPSA) is 64.6 Å². The van der Waals surface area contributed by atoms with Gasteiger partial charge in [0.05, 0.1) is 12.7 Å². The molecular weight excluding hydrogens is 282 g/mol. The Balaban J connectivity index is 2.95. The molecule has 0 aromatic rings. The zero-order valence-corrected chi connectivity index (χ0v) is 14.6. The fraction of sp³-hybridized carbons (Fsp3) is 0.765. The van der Waals surface area contributed by atoms with Gasteiger partial charge in [-0.05, 0) is 52.4 Å². The van der Waals surface area contributed by atoms with Crippen molar-refractivity contribution in [3.8, 4) is 0 Å². The number of allylic oxidation sites excluding steroid dienone is 1. The van der Waals surface area contributed by atoms with Gasteiger partial charge in [0.15, 0.2) is 0 Å².